The van der Waals surface area contributed by atoms with E-state index in [9.17, 15) is 49.8 Å². The van der Waals surface area contributed by atoms with Crippen LogP contribution in [0.1, 0.15) is 134 Å². The van der Waals surface area contributed by atoms with E-state index in [0.717, 1.165) is 0 Å². The van der Waals surface area contributed by atoms with E-state index in [4.69, 9.17) is 35.3 Å². The van der Waals surface area contributed by atoms with Crippen molar-refractivity contribution >= 4 is 35.3 Å². The summed E-state index contributed by atoms with van der Waals surface area (Å²) in [6.07, 6.45) is -5.03. The summed E-state index contributed by atoms with van der Waals surface area (Å²) in [5, 5.41) is 71.8. The fourth-order valence-corrected chi connectivity index (χ4v) is 15.2. The second-order valence-corrected chi connectivity index (χ2v) is 25.6. The number of unbranched alkanes of at least 4 members (excludes halogenated alkanes) is 1. The van der Waals surface area contributed by atoms with Gasteiger partial charge in [-0.3, -0.25) is 14.4 Å². The van der Waals surface area contributed by atoms with Gasteiger partial charge in [-0.05, 0) is 149 Å². The lowest BCUT2D eigenvalue weighted by Crippen LogP contribution is -2.70. The lowest BCUT2D eigenvalue weighted by atomic mass is 9.45. The summed E-state index contributed by atoms with van der Waals surface area (Å²) >= 11 is 7.48. The van der Waals surface area contributed by atoms with E-state index in [1.165, 1.54) is 26.0 Å². The first-order valence-corrected chi connectivity index (χ1v) is 27.8. The molecule has 0 radical (unpaired) electrons. The molecule has 5 fully saturated rings. The molecule has 23 atom stereocenters. The van der Waals surface area contributed by atoms with E-state index < -0.39 is 147 Å². The molecule has 0 aromatic rings. The number of likely N-dealkylation sites (N-methyl/N-ethyl adjacent to an activating group) is 2. The van der Waals surface area contributed by atoms with Crippen LogP contribution in [0.5, 0.6) is 0 Å². The Labute approximate surface area is 448 Å². The molecule has 0 amide bonds. The minimum atomic E-state index is -2.05. The van der Waals surface area contributed by atoms with Gasteiger partial charge in [0, 0.05) is 35.8 Å². The van der Waals surface area contributed by atoms with Gasteiger partial charge in [-0.2, -0.15) is 0 Å². The predicted molar refractivity (Wildman–Crippen MR) is 276 cm³/mol. The first kappa shape index (κ1) is 61.6. The molecule has 0 aromatic carbocycles. The quantitative estimate of drug-likeness (QED) is 0.0705. The average Bonchev–Trinajstić information content (AvgIpc) is 3.53. The van der Waals surface area contributed by atoms with Gasteiger partial charge in [0.2, 0.25) is 0 Å². The van der Waals surface area contributed by atoms with Crippen LogP contribution in [0.25, 0.3) is 0 Å². The van der Waals surface area contributed by atoms with E-state index in [2.05, 4.69) is 0 Å². The maximum Gasteiger partial charge on any atom is 0.338 e. The summed E-state index contributed by atoms with van der Waals surface area (Å²) in [7, 11) is 5.47. The molecular weight excluding hydrogens is 995 g/mol. The highest BCUT2D eigenvalue weighted by atomic mass is 35.5. The highest BCUT2D eigenvalue weighted by Crippen LogP contribution is 2.71. The standard InChI is InChI=1S/C56H90ClFN2O15/c1-15-42-54(11,69)46(65)34(7)60(14)28-29(2)26-53(10,68)47(32(5)44(64)33(6)48(66)73-42)75-49-45(40(59(12)13)23-31(4)72-49)74-43(63)18-16-17-21-71-50(67)56(70)30(3)22-36-37-25-39(58)38-24-35(61)19-20-51(38,8)55(37,57)41(62)27-52(36,56)9/h19-20,24,29-34,36-37,39-42,44-47,49,62,64-65,68-70H,15-18,21-23,25-28H2,1-14H3/t29-,30-,31-,32+,33-,34-,36?,37?,39+,40-,41+,42-,44+,45-,46-,47-,49+,51+,52+,53-,54-,55+,56+/m1/s1. The molecule has 2 aliphatic heterocycles. The van der Waals surface area contributed by atoms with E-state index in [1.54, 1.807) is 61.6 Å². The second kappa shape index (κ2) is 22.9. The van der Waals surface area contributed by atoms with Crippen molar-refractivity contribution in [2.45, 2.75) is 223 Å². The van der Waals surface area contributed by atoms with Crippen LogP contribution in [0.3, 0.4) is 0 Å². The number of halogens is 2. The first-order valence-electron chi connectivity index (χ1n) is 27.4. The van der Waals surface area contributed by atoms with Crippen molar-refractivity contribution in [3.63, 3.8) is 0 Å². The topological polar surface area (TPSA) is 242 Å². The van der Waals surface area contributed by atoms with Crippen molar-refractivity contribution in [3.8, 4) is 0 Å². The SMILES string of the molecule is CC[C@H]1OC(=O)[C@H](C)[C@@H](O)[C@H](C)[C@@H](O[C@@H]2O[C@H](C)C[C@@H](N(C)C)[C@H]2OC(=O)CCCCOC(=O)[C@@]2(O)[C@H](C)CC3C4C[C@H](F)C5=CC(=O)C=C[C@]5(C)[C@@]4(Cl)[C@@H](O)C[C@@]32C)[C@](C)(O)C[C@@H](C)CN(C)[C@H](C)[C@@H](O)[C@]1(C)O. The molecule has 6 aliphatic rings. The van der Waals surface area contributed by atoms with Gasteiger partial charge in [0.25, 0.3) is 0 Å². The van der Waals surface area contributed by atoms with Gasteiger partial charge in [0.1, 0.15) is 24.0 Å². The Kier molecular flexibility index (Phi) is 18.8. The Balaban J connectivity index is 1.14. The van der Waals surface area contributed by atoms with Crippen LogP contribution < -0.4 is 0 Å². The number of nitrogens with zero attached hydrogens (tertiary/aromatic N) is 2. The number of aliphatic hydroxyl groups excluding tert-OH is 3. The number of allylic oxidation sites excluding steroid dienone is 4. The predicted octanol–water partition coefficient (Wildman–Crippen LogP) is 4.81. The van der Waals surface area contributed by atoms with Gasteiger partial charge in [-0.25, -0.2) is 9.18 Å². The number of hydrogen-bond donors (Lipinski definition) is 6. The molecule has 3 saturated carbocycles. The molecule has 428 valence electrons. The monoisotopic (exact) mass is 1080 g/mol. The second-order valence-electron chi connectivity index (χ2n) is 24.9. The normalized spacial score (nSPS) is 48.1. The van der Waals surface area contributed by atoms with Crippen molar-refractivity contribution in [3.05, 3.63) is 23.8 Å². The fourth-order valence-electron chi connectivity index (χ4n) is 14.7. The van der Waals surface area contributed by atoms with Crippen LogP contribution in [0, 0.1) is 46.3 Å². The number of ketones is 1. The summed E-state index contributed by atoms with van der Waals surface area (Å²) in [6, 6.07) is -1.01. The summed E-state index contributed by atoms with van der Waals surface area (Å²) in [4.78, 5) is 56.4. The third-order valence-corrected chi connectivity index (χ3v) is 20.2. The molecule has 19 heteroatoms. The number of carbonyl (C=O) groups is 4. The Morgan fingerprint density at radius 3 is 2.23 bits per heavy atom. The van der Waals surface area contributed by atoms with Crippen molar-refractivity contribution in [1.82, 2.24) is 9.80 Å². The number of esters is 3. The Bertz CT molecular complexity index is 2140. The van der Waals surface area contributed by atoms with Crippen molar-refractivity contribution < 1.29 is 77.9 Å². The van der Waals surface area contributed by atoms with Crippen molar-refractivity contribution in [2.24, 2.45) is 46.3 Å². The van der Waals surface area contributed by atoms with E-state index in [-0.39, 0.29) is 68.8 Å². The van der Waals surface area contributed by atoms with Crippen LogP contribution in [0.2, 0.25) is 0 Å². The van der Waals surface area contributed by atoms with Crippen LogP contribution in [-0.2, 0) is 42.9 Å². The number of cyclic esters (lactones) is 1. The molecule has 6 rings (SSSR count). The van der Waals surface area contributed by atoms with Crippen LogP contribution in [0.15, 0.2) is 23.8 Å². The molecular formula is C56H90ClFN2O15. The maximum atomic E-state index is 16.1. The maximum absolute atomic E-state index is 16.1. The number of aliphatic hydroxyl groups is 6. The average molecular weight is 1090 g/mol. The highest BCUT2D eigenvalue weighted by molar-refractivity contribution is 6.26. The fraction of sp³-hybridized carbons (Fsp3) is 0.857. The van der Waals surface area contributed by atoms with Crippen LogP contribution in [0.4, 0.5) is 4.39 Å². The smallest absolute Gasteiger partial charge is 0.338 e. The van der Waals surface area contributed by atoms with Gasteiger partial charge in [0.05, 0.1) is 53.5 Å². The Morgan fingerprint density at radius 1 is 0.947 bits per heavy atom. The molecule has 2 heterocycles. The van der Waals surface area contributed by atoms with Crippen molar-refractivity contribution in [1.29, 1.82) is 0 Å². The summed E-state index contributed by atoms with van der Waals surface area (Å²) < 4.78 is 47.1. The van der Waals surface area contributed by atoms with E-state index in [0.29, 0.717) is 19.4 Å². The largest absolute Gasteiger partial charge is 0.464 e. The molecule has 0 spiro atoms. The number of alkyl halides is 2. The van der Waals surface area contributed by atoms with Crippen LogP contribution >= 0.6 is 11.6 Å². The number of rotatable bonds is 11. The molecule has 6 N–H and O–H groups in total. The minimum absolute atomic E-state index is 0.0683. The van der Waals surface area contributed by atoms with Gasteiger partial charge >= 0.3 is 17.9 Å². The minimum Gasteiger partial charge on any atom is -0.464 e. The van der Waals surface area contributed by atoms with Crippen LogP contribution in [-0.4, -0.2) is 187 Å². The molecule has 75 heavy (non-hydrogen) atoms. The summed E-state index contributed by atoms with van der Waals surface area (Å²) in [6.45, 7) is 18.9. The first-order chi connectivity index (χ1) is 34.6. The number of carbonyl (C=O) groups excluding carboxylic acids is 4. The lowest BCUT2D eigenvalue weighted by molar-refractivity contribution is -0.301. The Morgan fingerprint density at radius 2 is 1.60 bits per heavy atom. The zero-order chi connectivity index (χ0) is 56.3. The van der Waals surface area contributed by atoms with Gasteiger partial charge in [-0.1, -0.05) is 47.6 Å². The summed E-state index contributed by atoms with van der Waals surface area (Å²) in [5.74, 6) is -6.73. The Hall–Kier alpha value is -2.62. The molecule has 0 aromatic heterocycles. The third-order valence-electron chi connectivity index (χ3n) is 19.2. The molecule has 0 bridgehead atoms. The zero-order valence-electron chi connectivity index (χ0n) is 46.8. The molecule has 2 saturated heterocycles. The van der Waals surface area contributed by atoms with Crippen molar-refractivity contribution in [2.75, 3.05) is 34.3 Å². The molecule has 2 unspecified atom stereocenters. The number of fused-ring (bicyclic) bond motifs is 5. The molecule has 4 aliphatic carbocycles. The van der Waals surface area contributed by atoms with E-state index >= 15 is 4.39 Å². The summed E-state index contributed by atoms with van der Waals surface area (Å²) in [5.41, 5.74) is -7.76. The van der Waals surface area contributed by atoms with E-state index in [1.807, 2.05) is 37.7 Å². The van der Waals surface area contributed by atoms with Gasteiger partial charge in [-0.15, -0.1) is 11.6 Å². The number of hydrogen-bond acceptors (Lipinski definition) is 17. The third kappa shape index (κ3) is 11.2. The number of ether oxygens (including phenoxy) is 5. The highest BCUT2D eigenvalue weighted by Gasteiger charge is 2.76. The molecule has 17 nitrogen and oxygen atoms in total. The zero-order valence-corrected chi connectivity index (χ0v) is 47.6. The van der Waals surface area contributed by atoms with Gasteiger partial charge in [0.15, 0.2) is 23.8 Å². The van der Waals surface area contributed by atoms with Gasteiger partial charge < -0.3 is 64.1 Å². The lowest BCUT2D eigenvalue weighted by Gasteiger charge is -2.64.